The molecule has 1 aliphatic rings. The van der Waals surface area contributed by atoms with Crippen LogP contribution in [0.5, 0.6) is 5.75 Å². The van der Waals surface area contributed by atoms with Crippen LogP contribution in [0.15, 0.2) is 35.6 Å². The molecule has 28 heavy (non-hydrogen) atoms. The summed E-state index contributed by atoms with van der Waals surface area (Å²) in [6.45, 7) is 10.3. The number of benzene rings is 1. The monoisotopic (exact) mass is 383 g/mol. The van der Waals surface area contributed by atoms with Crippen LogP contribution in [0.3, 0.4) is 0 Å². The summed E-state index contributed by atoms with van der Waals surface area (Å²) in [4.78, 5) is 4.76. The minimum Gasteiger partial charge on any atom is -0.493 e. The first-order valence-electron chi connectivity index (χ1n) is 10.4. The summed E-state index contributed by atoms with van der Waals surface area (Å²) in [7, 11) is 0. The smallest absolute Gasteiger partial charge is 0.191 e. The maximum Gasteiger partial charge on any atom is 0.191 e. The van der Waals surface area contributed by atoms with Gasteiger partial charge in [-0.05, 0) is 63.1 Å². The van der Waals surface area contributed by atoms with Crippen LogP contribution in [-0.4, -0.2) is 35.4 Å². The van der Waals surface area contributed by atoms with Crippen LogP contribution in [-0.2, 0) is 13.1 Å². The average molecular weight is 384 g/mol. The van der Waals surface area contributed by atoms with Gasteiger partial charge in [-0.15, -0.1) is 0 Å². The third-order valence-corrected chi connectivity index (χ3v) is 4.76. The Hall–Kier alpha value is -2.50. The van der Waals surface area contributed by atoms with E-state index < -0.39 is 0 Å². The molecule has 2 aromatic rings. The Bertz CT molecular complexity index is 779. The lowest BCUT2D eigenvalue weighted by Gasteiger charge is -2.13. The number of hydrogen-bond donors (Lipinski definition) is 2. The molecular weight excluding hydrogens is 350 g/mol. The highest BCUT2D eigenvalue weighted by Gasteiger charge is 2.22. The number of aryl methyl sites for hydroxylation is 3. The Balaban J connectivity index is 1.52. The van der Waals surface area contributed by atoms with Crippen LogP contribution in [0, 0.1) is 19.8 Å². The molecule has 0 unspecified atom stereocenters. The molecule has 0 amide bonds. The second kappa shape index (κ2) is 10.2. The number of aromatic nitrogens is 2. The summed E-state index contributed by atoms with van der Waals surface area (Å²) in [6, 6.07) is 6.38. The van der Waals surface area contributed by atoms with Gasteiger partial charge in [0, 0.05) is 31.4 Å². The second-order valence-corrected chi connectivity index (χ2v) is 7.62. The van der Waals surface area contributed by atoms with Crippen molar-refractivity contribution in [3.63, 3.8) is 0 Å². The van der Waals surface area contributed by atoms with E-state index in [1.807, 2.05) is 10.9 Å². The van der Waals surface area contributed by atoms with Gasteiger partial charge < -0.3 is 15.4 Å². The average Bonchev–Trinajstić information content (AvgIpc) is 3.42. The van der Waals surface area contributed by atoms with Crippen LogP contribution in [0.4, 0.5) is 0 Å². The Labute approximate surface area is 168 Å². The van der Waals surface area contributed by atoms with Crippen molar-refractivity contribution in [3.8, 4) is 5.75 Å². The molecule has 0 bridgehead atoms. The standard InChI is InChI=1S/C22H33N5O/c1-4-23-22(24-10-5-11-27-15-18(3)13-26-27)25-14-20-9-6-17(2)12-21(20)28-16-19-7-8-19/h6,9,12-13,15,19H,4-5,7-8,10-11,14,16H2,1-3H3,(H2,23,24,25). The third kappa shape index (κ3) is 6.59. The van der Waals surface area contributed by atoms with Crippen LogP contribution in [0.1, 0.15) is 42.9 Å². The summed E-state index contributed by atoms with van der Waals surface area (Å²) in [5.41, 5.74) is 3.55. The van der Waals surface area contributed by atoms with Gasteiger partial charge in [0.1, 0.15) is 5.75 Å². The van der Waals surface area contributed by atoms with E-state index in [0.717, 1.165) is 55.9 Å². The number of nitrogens with one attached hydrogen (secondary N) is 2. The fourth-order valence-corrected chi connectivity index (χ4v) is 2.96. The highest BCUT2D eigenvalue weighted by atomic mass is 16.5. The molecule has 0 aliphatic heterocycles. The van der Waals surface area contributed by atoms with Crippen LogP contribution >= 0.6 is 0 Å². The largest absolute Gasteiger partial charge is 0.493 e. The fraction of sp³-hybridized carbons (Fsp3) is 0.545. The number of rotatable bonds is 10. The summed E-state index contributed by atoms with van der Waals surface area (Å²) in [6.07, 6.45) is 7.55. The van der Waals surface area contributed by atoms with Crippen molar-refractivity contribution in [1.82, 2.24) is 20.4 Å². The summed E-state index contributed by atoms with van der Waals surface area (Å²) in [5, 5.41) is 11.1. The summed E-state index contributed by atoms with van der Waals surface area (Å²) < 4.78 is 8.05. The SMILES string of the molecule is CCNC(=NCc1ccc(C)cc1OCC1CC1)NCCCn1cc(C)cn1. The molecule has 1 aliphatic carbocycles. The van der Waals surface area contributed by atoms with Gasteiger partial charge in [0.05, 0.1) is 19.3 Å². The minimum atomic E-state index is 0.605. The maximum absolute atomic E-state index is 6.06. The van der Waals surface area contributed by atoms with Crippen molar-refractivity contribution < 1.29 is 4.74 Å². The topological polar surface area (TPSA) is 63.5 Å². The summed E-state index contributed by atoms with van der Waals surface area (Å²) >= 11 is 0. The van der Waals surface area contributed by atoms with E-state index in [4.69, 9.17) is 9.73 Å². The molecule has 152 valence electrons. The molecule has 1 heterocycles. The maximum atomic E-state index is 6.06. The molecule has 3 rings (SSSR count). The zero-order valence-corrected chi connectivity index (χ0v) is 17.4. The lowest BCUT2D eigenvalue weighted by atomic mass is 10.1. The van der Waals surface area contributed by atoms with E-state index in [-0.39, 0.29) is 0 Å². The number of aliphatic imine (C=N–C) groups is 1. The normalized spacial score (nSPS) is 14.2. The lowest BCUT2D eigenvalue weighted by Crippen LogP contribution is -2.38. The Morgan fingerprint density at radius 1 is 1.25 bits per heavy atom. The molecule has 0 spiro atoms. The first-order chi connectivity index (χ1) is 13.6. The van der Waals surface area contributed by atoms with Crippen molar-refractivity contribution in [2.45, 2.75) is 53.1 Å². The molecule has 1 aromatic carbocycles. The second-order valence-electron chi connectivity index (χ2n) is 7.62. The predicted molar refractivity (Wildman–Crippen MR) is 114 cm³/mol. The van der Waals surface area contributed by atoms with Crippen LogP contribution in [0.25, 0.3) is 0 Å². The number of nitrogens with zero attached hydrogens (tertiary/aromatic N) is 3. The first kappa shape index (κ1) is 20.2. The van der Waals surface area contributed by atoms with E-state index in [0.29, 0.717) is 6.54 Å². The van der Waals surface area contributed by atoms with E-state index >= 15 is 0 Å². The van der Waals surface area contributed by atoms with Gasteiger partial charge in [0.25, 0.3) is 0 Å². The lowest BCUT2D eigenvalue weighted by molar-refractivity contribution is 0.296. The third-order valence-electron chi connectivity index (χ3n) is 4.76. The molecule has 6 nitrogen and oxygen atoms in total. The number of hydrogen-bond acceptors (Lipinski definition) is 3. The van der Waals surface area contributed by atoms with Crippen molar-refractivity contribution in [2.75, 3.05) is 19.7 Å². The van der Waals surface area contributed by atoms with Gasteiger partial charge >= 0.3 is 0 Å². The van der Waals surface area contributed by atoms with Crippen molar-refractivity contribution in [1.29, 1.82) is 0 Å². The number of ether oxygens (including phenoxy) is 1. The molecule has 0 saturated heterocycles. The van der Waals surface area contributed by atoms with Crippen LogP contribution < -0.4 is 15.4 Å². The number of guanidine groups is 1. The van der Waals surface area contributed by atoms with Crippen molar-refractivity contribution >= 4 is 5.96 Å². The molecule has 1 aromatic heterocycles. The quantitative estimate of drug-likeness (QED) is 0.375. The Morgan fingerprint density at radius 3 is 2.82 bits per heavy atom. The van der Waals surface area contributed by atoms with E-state index in [9.17, 15) is 0 Å². The van der Waals surface area contributed by atoms with E-state index in [1.165, 1.54) is 24.0 Å². The molecule has 2 N–H and O–H groups in total. The molecule has 1 fully saturated rings. The predicted octanol–water partition coefficient (Wildman–Crippen LogP) is 3.43. The minimum absolute atomic E-state index is 0.605. The molecule has 6 heteroatoms. The van der Waals surface area contributed by atoms with Crippen molar-refractivity contribution in [2.24, 2.45) is 10.9 Å². The zero-order valence-electron chi connectivity index (χ0n) is 17.4. The summed E-state index contributed by atoms with van der Waals surface area (Å²) in [5.74, 6) is 2.56. The van der Waals surface area contributed by atoms with Gasteiger partial charge in [-0.3, -0.25) is 4.68 Å². The highest BCUT2D eigenvalue weighted by molar-refractivity contribution is 5.79. The van der Waals surface area contributed by atoms with Gasteiger partial charge in [0.2, 0.25) is 0 Å². The Kier molecular flexibility index (Phi) is 7.34. The molecule has 0 radical (unpaired) electrons. The van der Waals surface area contributed by atoms with Gasteiger partial charge in [-0.25, -0.2) is 4.99 Å². The van der Waals surface area contributed by atoms with E-state index in [1.54, 1.807) is 0 Å². The Morgan fingerprint density at radius 2 is 2.11 bits per heavy atom. The first-order valence-corrected chi connectivity index (χ1v) is 10.4. The molecular formula is C22H33N5O. The molecule has 0 atom stereocenters. The zero-order chi connectivity index (χ0) is 19.8. The van der Waals surface area contributed by atoms with Crippen molar-refractivity contribution in [3.05, 3.63) is 47.3 Å². The van der Waals surface area contributed by atoms with Gasteiger partial charge in [0.15, 0.2) is 5.96 Å². The molecule has 1 saturated carbocycles. The van der Waals surface area contributed by atoms with Crippen LogP contribution in [0.2, 0.25) is 0 Å². The van der Waals surface area contributed by atoms with E-state index in [2.05, 4.69) is 60.9 Å². The van der Waals surface area contributed by atoms with Gasteiger partial charge in [-0.1, -0.05) is 12.1 Å². The van der Waals surface area contributed by atoms with Gasteiger partial charge in [-0.2, -0.15) is 5.10 Å². The highest BCUT2D eigenvalue weighted by Crippen LogP contribution is 2.30. The fourth-order valence-electron chi connectivity index (χ4n) is 2.96.